The van der Waals surface area contributed by atoms with Crippen molar-refractivity contribution in [1.29, 1.82) is 0 Å². The van der Waals surface area contributed by atoms with Crippen molar-refractivity contribution in [2.24, 2.45) is 5.92 Å². The molecule has 23 heavy (non-hydrogen) atoms. The Balaban J connectivity index is 2.20. The van der Waals surface area contributed by atoms with Crippen LogP contribution in [0.2, 0.25) is 0 Å². The number of hydrogen-bond donors (Lipinski definition) is 2. The van der Waals surface area contributed by atoms with Gasteiger partial charge in [-0.2, -0.15) is 13.2 Å². The van der Waals surface area contributed by atoms with Crippen LogP contribution in [0.5, 0.6) is 0 Å². The SMILES string of the molecule is Cc1ccc(C(O)(CC(=O)N2CCC(C)C(O)C2)C(F)(F)F)o1. The molecule has 130 valence electrons. The lowest BCUT2D eigenvalue weighted by molar-refractivity contribution is -0.274. The third kappa shape index (κ3) is 3.53. The molecule has 2 N–H and O–H groups in total. The van der Waals surface area contributed by atoms with Gasteiger partial charge in [0.25, 0.3) is 0 Å². The Morgan fingerprint density at radius 1 is 1.43 bits per heavy atom. The van der Waals surface area contributed by atoms with Crippen LogP contribution in [0.4, 0.5) is 13.2 Å². The molecule has 1 saturated heterocycles. The molecule has 1 aliphatic rings. The highest BCUT2D eigenvalue weighted by Gasteiger charge is 2.58. The second-order valence-electron chi connectivity index (χ2n) is 6.12. The van der Waals surface area contributed by atoms with E-state index >= 15 is 0 Å². The molecule has 1 aliphatic heterocycles. The number of alkyl halides is 3. The van der Waals surface area contributed by atoms with Crippen LogP contribution in [0.25, 0.3) is 0 Å². The van der Waals surface area contributed by atoms with Crippen molar-refractivity contribution < 1.29 is 32.6 Å². The maximum absolute atomic E-state index is 13.3. The molecule has 1 aromatic heterocycles. The first-order valence-electron chi connectivity index (χ1n) is 7.36. The van der Waals surface area contributed by atoms with Crippen molar-refractivity contribution in [3.63, 3.8) is 0 Å². The number of furan rings is 1. The number of β-amino-alcohol motifs (C(OH)–C–C–N with tert-alkyl or cyclic N) is 1. The minimum Gasteiger partial charge on any atom is -0.463 e. The Kier molecular flexibility index (Phi) is 4.77. The van der Waals surface area contributed by atoms with Gasteiger partial charge in [0.05, 0.1) is 12.5 Å². The predicted octanol–water partition coefficient (Wildman–Crippen LogP) is 1.96. The van der Waals surface area contributed by atoms with Gasteiger partial charge in [-0.1, -0.05) is 6.92 Å². The van der Waals surface area contributed by atoms with Gasteiger partial charge in [-0.25, -0.2) is 0 Å². The van der Waals surface area contributed by atoms with Crippen LogP contribution in [0.15, 0.2) is 16.5 Å². The van der Waals surface area contributed by atoms with E-state index in [0.29, 0.717) is 6.42 Å². The van der Waals surface area contributed by atoms with E-state index < -0.39 is 36.0 Å². The Morgan fingerprint density at radius 3 is 2.57 bits per heavy atom. The first-order valence-corrected chi connectivity index (χ1v) is 7.36. The number of aliphatic hydroxyl groups is 2. The van der Waals surface area contributed by atoms with Crippen molar-refractivity contribution in [3.8, 4) is 0 Å². The van der Waals surface area contributed by atoms with Gasteiger partial charge in [-0.3, -0.25) is 4.79 Å². The third-order valence-electron chi connectivity index (χ3n) is 4.30. The predicted molar refractivity (Wildman–Crippen MR) is 74.4 cm³/mol. The molecule has 0 radical (unpaired) electrons. The summed E-state index contributed by atoms with van der Waals surface area (Å²) in [5.41, 5.74) is -3.38. The minimum atomic E-state index is -5.06. The summed E-state index contributed by atoms with van der Waals surface area (Å²) in [6.07, 6.45) is -6.52. The Morgan fingerprint density at radius 2 is 2.09 bits per heavy atom. The summed E-state index contributed by atoms with van der Waals surface area (Å²) >= 11 is 0. The number of likely N-dealkylation sites (tertiary alicyclic amines) is 1. The van der Waals surface area contributed by atoms with Crippen LogP contribution in [-0.2, 0) is 10.4 Å². The standard InChI is InChI=1S/C15H20F3NO4/c1-9-5-6-19(8-11(9)20)13(21)7-14(22,15(16,17)18)12-4-3-10(2)23-12/h3-4,9,11,20,22H,5-8H2,1-2H3. The average Bonchev–Trinajstić information content (AvgIpc) is 2.87. The fraction of sp³-hybridized carbons (Fsp3) is 0.667. The molecule has 1 aromatic rings. The largest absolute Gasteiger partial charge is 0.463 e. The van der Waals surface area contributed by atoms with Crippen LogP contribution in [0.1, 0.15) is 31.3 Å². The number of nitrogens with zero attached hydrogens (tertiary/aromatic N) is 1. The first-order chi connectivity index (χ1) is 10.5. The average molecular weight is 335 g/mol. The van der Waals surface area contributed by atoms with Crippen LogP contribution in [0.3, 0.4) is 0 Å². The maximum Gasteiger partial charge on any atom is 0.425 e. The summed E-state index contributed by atoms with van der Waals surface area (Å²) in [7, 11) is 0. The van der Waals surface area contributed by atoms with Crippen molar-refractivity contribution in [3.05, 3.63) is 23.7 Å². The van der Waals surface area contributed by atoms with Crippen molar-refractivity contribution in [2.45, 2.75) is 44.6 Å². The minimum absolute atomic E-state index is 0.0201. The molecular weight excluding hydrogens is 315 g/mol. The van der Waals surface area contributed by atoms with Gasteiger partial charge >= 0.3 is 6.18 Å². The van der Waals surface area contributed by atoms with Crippen LogP contribution < -0.4 is 0 Å². The summed E-state index contributed by atoms with van der Waals surface area (Å²) in [4.78, 5) is 13.4. The number of aliphatic hydroxyl groups excluding tert-OH is 1. The van der Waals surface area contributed by atoms with Crippen molar-refractivity contribution in [1.82, 2.24) is 4.90 Å². The molecule has 8 heteroatoms. The lowest BCUT2D eigenvalue weighted by Gasteiger charge is -2.36. The summed E-state index contributed by atoms with van der Waals surface area (Å²) in [5, 5.41) is 19.9. The lowest BCUT2D eigenvalue weighted by Crippen LogP contribution is -2.50. The van der Waals surface area contributed by atoms with E-state index in [-0.39, 0.29) is 24.8 Å². The molecule has 3 unspecified atom stereocenters. The van der Waals surface area contributed by atoms with E-state index in [1.165, 1.54) is 13.0 Å². The van der Waals surface area contributed by atoms with Gasteiger partial charge in [0.2, 0.25) is 11.5 Å². The highest BCUT2D eigenvalue weighted by Crippen LogP contribution is 2.42. The summed E-state index contributed by atoms with van der Waals surface area (Å²) < 4.78 is 44.9. The van der Waals surface area contributed by atoms with Gasteiger partial charge in [0, 0.05) is 13.1 Å². The highest BCUT2D eigenvalue weighted by atomic mass is 19.4. The summed E-state index contributed by atoms with van der Waals surface area (Å²) in [6.45, 7) is 3.47. The van der Waals surface area contributed by atoms with E-state index in [9.17, 15) is 28.2 Å². The number of halogens is 3. The maximum atomic E-state index is 13.3. The Labute approximate surface area is 131 Å². The number of carbonyl (C=O) groups is 1. The number of piperidine rings is 1. The van der Waals surface area contributed by atoms with E-state index in [1.807, 2.05) is 6.92 Å². The second kappa shape index (κ2) is 6.16. The molecule has 3 atom stereocenters. The molecule has 5 nitrogen and oxygen atoms in total. The monoisotopic (exact) mass is 335 g/mol. The smallest absolute Gasteiger partial charge is 0.425 e. The number of carbonyl (C=O) groups excluding carboxylic acids is 1. The molecule has 0 bridgehead atoms. The molecule has 0 spiro atoms. The van der Waals surface area contributed by atoms with Gasteiger partial charge in [0.15, 0.2) is 0 Å². The number of rotatable bonds is 3. The number of amides is 1. The van der Waals surface area contributed by atoms with Gasteiger partial charge < -0.3 is 19.5 Å². The van der Waals surface area contributed by atoms with Crippen molar-refractivity contribution >= 4 is 5.91 Å². The fourth-order valence-electron chi connectivity index (χ4n) is 2.59. The molecule has 2 heterocycles. The molecule has 1 amide bonds. The molecule has 0 aliphatic carbocycles. The molecular formula is C15H20F3NO4. The van der Waals surface area contributed by atoms with Crippen LogP contribution >= 0.6 is 0 Å². The third-order valence-corrected chi connectivity index (χ3v) is 4.30. The number of aryl methyl sites for hydroxylation is 1. The van der Waals surface area contributed by atoms with Gasteiger partial charge in [-0.05, 0) is 31.4 Å². The normalized spacial score (nSPS) is 25.3. The van der Waals surface area contributed by atoms with E-state index in [1.54, 1.807) is 0 Å². The van der Waals surface area contributed by atoms with Crippen LogP contribution in [0, 0.1) is 12.8 Å². The second-order valence-corrected chi connectivity index (χ2v) is 6.12. The molecule has 0 aromatic carbocycles. The van der Waals surface area contributed by atoms with Gasteiger partial charge in [0.1, 0.15) is 11.5 Å². The van der Waals surface area contributed by atoms with E-state index in [0.717, 1.165) is 11.0 Å². The fourth-order valence-corrected chi connectivity index (χ4v) is 2.59. The zero-order chi connectivity index (χ0) is 17.4. The molecule has 0 saturated carbocycles. The topological polar surface area (TPSA) is 73.9 Å². The molecule has 2 rings (SSSR count). The zero-order valence-corrected chi connectivity index (χ0v) is 12.9. The molecule has 1 fully saturated rings. The van der Waals surface area contributed by atoms with E-state index in [2.05, 4.69) is 0 Å². The van der Waals surface area contributed by atoms with Crippen molar-refractivity contribution in [2.75, 3.05) is 13.1 Å². The number of hydrogen-bond acceptors (Lipinski definition) is 4. The highest BCUT2D eigenvalue weighted by molar-refractivity contribution is 5.77. The summed E-state index contributed by atoms with van der Waals surface area (Å²) in [6, 6.07) is 2.31. The summed E-state index contributed by atoms with van der Waals surface area (Å²) in [5.74, 6) is -1.39. The first kappa shape index (κ1) is 17.8. The quantitative estimate of drug-likeness (QED) is 0.886. The Bertz CT molecular complexity index is 571. The lowest BCUT2D eigenvalue weighted by atomic mass is 9.92. The Hall–Kier alpha value is -1.54. The zero-order valence-electron chi connectivity index (χ0n) is 12.9. The van der Waals surface area contributed by atoms with Gasteiger partial charge in [-0.15, -0.1) is 0 Å². The van der Waals surface area contributed by atoms with E-state index in [4.69, 9.17) is 4.42 Å². The van der Waals surface area contributed by atoms with Crippen LogP contribution in [-0.4, -0.2) is 46.4 Å².